The van der Waals surface area contributed by atoms with Crippen LogP contribution in [-0.4, -0.2) is 32.9 Å². The second-order valence-electron chi connectivity index (χ2n) is 4.78. The van der Waals surface area contributed by atoms with E-state index >= 15 is 0 Å². The van der Waals surface area contributed by atoms with E-state index in [0.717, 1.165) is 23.6 Å². The number of rotatable bonds is 8. The third-order valence-electron chi connectivity index (χ3n) is 3.07. The summed E-state index contributed by atoms with van der Waals surface area (Å²) < 4.78 is 30.2. The van der Waals surface area contributed by atoms with E-state index in [1.165, 1.54) is 20.2 Å². The van der Waals surface area contributed by atoms with E-state index in [9.17, 15) is 8.42 Å². The van der Waals surface area contributed by atoms with E-state index in [2.05, 4.69) is 19.2 Å². The zero-order valence-electron chi connectivity index (χ0n) is 12.1. The molecule has 0 aliphatic rings. The van der Waals surface area contributed by atoms with Crippen LogP contribution in [0.2, 0.25) is 0 Å². The van der Waals surface area contributed by atoms with Crippen LogP contribution in [-0.2, 0) is 16.6 Å². The first kappa shape index (κ1) is 16.2. The van der Waals surface area contributed by atoms with Crippen LogP contribution in [0, 0.1) is 0 Å². The molecule has 1 aromatic heterocycles. The lowest BCUT2D eigenvalue weighted by molar-refractivity contribution is 0.370. The van der Waals surface area contributed by atoms with E-state index in [1.807, 2.05) is 0 Å². The van der Waals surface area contributed by atoms with Crippen molar-refractivity contribution in [2.45, 2.75) is 50.8 Å². The van der Waals surface area contributed by atoms with E-state index in [-0.39, 0.29) is 5.09 Å². The SMILES string of the molecule is CCCC(CC)NCc1ccc(S(=O)(=O)N(C)C)o1. The Labute approximate surface area is 116 Å². The Balaban J connectivity index is 2.66. The molecule has 1 unspecified atom stereocenters. The quantitative estimate of drug-likeness (QED) is 0.796. The van der Waals surface area contributed by atoms with Crippen LogP contribution in [0.25, 0.3) is 0 Å². The Morgan fingerprint density at radius 1 is 1.32 bits per heavy atom. The van der Waals surface area contributed by atoms with Gasteiger partial charge in [0.1, 0.15) is 5.76 Å². The summed E-state index contributed by atoms with van der Waals surface area (Å²) in [6, 6.07) is 3.67. The number of nitrogens with one attached hydrogen (secondary N) is 1. The summed E-state index contributed by atoms with van der Waals surface area (Å²) in [5.41, 5.74) is 0. The van der Waals surface area contributed by atoms with Crippen LogP contribution >= 0.6 is 0 Å². The fourth-order valence-corrected chi connectivity index (χ4v) is 2.63. The first-order chi connectivity index (χ1) is 8.91. The van der Waals surface area contributed by atoms with Crippen LogP contribution in [0.5, 0.6) is 0 Å². The highest BCUT2D eigenvalue weighted by Gasteiger charge is 2.21. The molecule has 1 atom stereocenters. The Kier molecular flexibility index (Phi) is 6.03. The van der Waals surface area contributed by atoms with Gasteiger partial charge in [0.15, 0.2) is 0 Å². The van der Waals surface area contributed by atoms with Gasteiger partial charge in [0, 0.05) is 20.1 Å². The second-order valence-corrected chi connectivity index (χ2v) is 6.87. The van der Waals surface area contributed by atoms with Crippen molar-refractivity contribution in [2.24, 2.45) is 0 Å². The standard InChI is InChI=1S/C13H24N2O3S/c1-5-7-11(6-2)14-10-12-8-9-13(18-12)19(16,17)15(3)4/h8-9,11,14H,5-7,10H2,1-4H3. The predicted molar refractivity (Wildman–Crippen MR) is 75.4 cm³/mol. The molecule has 6 heteroatoms. The average molecular weight is 288 g/mol. The minimum Gasteiger partial charge on any atom is -0.447 e. The summed E-state index contributed by atoms with van der Waals surface area (Å²) in [4.78, 5) is 0. The predicted octanol–water partition coefficient (Wildman–Crippen LogP) is 2.20. The zero-order chi connectivity index (χ0) is 14.5. The largest absolute Gasteiger partial charge is 0.447 e. The van der Waals surface area contributed by atoms with Crippen LogP contribution < -0.4 is 5.32 Å². The van der Waals surface area contributed by atoms with Crippen molar-refractivity contribution in [2.75, 3.05) is 14.1 Å². The fourth-order valence-electron chi connectivity index (χ4n) is 1.82. The molecule has 0 saturated carbocycles. The van der Waals surface area contributed by atoms with E-state index in [4.69, 9.17) is 4.42 Å². The first-order valence-electron chi connectivity index (χ1n) is 6.66. The summed E-state index contributed by atoms with van der Waals surface area (Å²) in [5, 5.41) is 3.38. The van der Waals surface area contributed by atoms with E-state index in [0.29, 0.717) is 18.3 Å². The molecule has 1 rings (SSSR count). The van der Waals surface area contributed by atoms with Gasteiger partial charge in [-0.1, -0.05) is 20.3 Å². The Morgan fingerprint density at radius 2 is 2.00 bits per heavy atom. The van der Waals surface area contributed by atoms with Gasteiger partial charge in [-0.25, -0.2) is 12.7 Å². The molecular weight excluding hydrogens is 264 g/mol. The van der Waals surface area contributed by atoms with Gasteiger partial charge in [0.05, 0.1) is 6.54 Å². The highest BCUT2D eigenvalue weighted by Crippen LogP contribution is 2.17. The molecule has 0 fully saturated rings. The molecule has 0 spiro atoms. The topological polar surface area (TPSA) is 62.6 Å². The smallest absolute Gasteiger partial charge is 0.275 e. The Hall–Kier alpha value is -0.850. The number of hydrogen-bond acceptors (Lipinski definition) is 4. The van der Waals surface area contributed by atoms with Crippen molar-refractivity contribution in [3.8, 4) is 0 Å². The average Bonchev–Trinajstić information content (AvgIpc) is 2.83. The summed E-state index contributed by atoms with van der Waals surface area (Å²) in [6.45, 7) is 4.85. The lowest BCUT2D eigenvalue weighted by Crippen LogP contribution is -2.27. The molecule has 0 radical (unpaired) electrons. The number of hydrogen-bond donors (Lipinski definition) is 1. The molecular formula is C13H24N2O3S. The van der Waals surface area contributed by atoms with Gasteiger partial charge < -0.3 is 9.73 Å². The first-order valence-corrected chi connectivity index (χ1v) is 8.10. The number of nitrogens with zero attached hydrogens (tertiary/aromatic N) is 1. The lowest BCUT2D eigenvalue weighted by Gasteiger charge is -2.14. The summed E-state index contributed by atoms with van der Waals surface area (Å²) in [7, 11) is -0.491. The summed E-state index contributed by atoms with van der Waals surface area (Å²) in [6.07, 6.45) is 3.29. The van der Waals surface area contributed by atoms with Crippen molar-refractivity contribution >= 4 is 10.0 Å². The van der Waals surface area contributed by atoms with Crippen molar-refractivity contribution in [3.05, 3.63) is 17.9 Å². The van der Waals surface area contributed by atoms with Gasteiger partial charge in [-0.2, -0.15) is 0 Å². The normalized spacial score (nSPS) is 13.9. The van der Waals surface area contributed by atoms with Crippen molar-refractivity contribution in [1.29, 1.82) is 0 Å². The molecule has 1 aromatic rings. The van der Waals surface area contributed by atoms with E-state index < -0.39 is 10.0 Å². The van der Waals surface area contributed by atoms with Crippen molar-refractivity contribution < 1.29 is 12.8 Å². The molecule has 1 heterocycles. The molecule has 5 nitrogen and oxygen atoms in total. The van der Waals surface area contributed by atoms with Gasteiger partial charge in [-0.3, -0.25) is 0 Å². The highest BCUT2D eigenvalue weighted by molar-refractivity contribution is 7.88. The van der Waals surface area contributed by atoms with Crippen LogP contribution in [0.15, 0.2) is 21.6 Å². The van der Waals surface area contributed by atoms with Crippen LogP contribution in [0.3, 0.4) is 0 Å². The maximum Gasteiger partial charge on any atom is 0.275 e. The summed E-state index contributed by atoms with van der Waals surface area (Å²) in [5.74, 6) is 0.648. The molecule has 1 N–H and O–H groups in total. The molecule has 0 saturated heterocycles. The Bertz CT molecular complexity index is 480. The molecule has 0 aromatic carbocycles. The molecule has 0 aliphatic heterocycles. The zero-order valence-corrected chi connectivity index (χ0v) is 13.0. The molecule has 0 aliphatic carbocycles. The lowest BCUT2D eigenvalue weighted by atomic mass is 10.1. The second kappa shape index (κ2) is 7.07. The van der Waals surface area contributed by atoms with Gasteiger partial charge in [-0.05, 0) is 25.0 Å². The maximum atomic E-state index is 11.9. The van der Waals surface area contributed by atoms with Crippen LogP contribution in [0.4, 0.5) is 0 Å². The molecule has 110 valence electrons. The molecule has 0 amide bonds. The number of sulfonamides is 1. The monoisotopic (exact) mass is 288 g/mol. The minimum atomic E-state index is -3.47. The van der Waals surface area contributed by atoms with Gasteiger partial charge >= 0.3 is 0 Å². The van der Waals surface area contributed by atoms with Crippen LogP contribution in [0.1, 0.15) is 38.9 Å². The fraction of sp³-hybridized carbons (Fsp3) is 0.692. The van der Waals surface area contributed by atoms with Gasteiger partial charge in [-0.15, -0.1) is 0 Å². The third kappa shape index (κ3) is 4.33. The Morgan fingerprint density at radius 3 is 2.53 bits per heavy atom. The molecule has 19 heavy (non-hydrogen) atoms. The van der Waals surface area contributed by atoms with Gasteiger partial charge in [0.25, 0.3) is 10.0 Å². The highest BCUT2D eigenvalue weighted by atomic mass is 32.2. The number of furan rings is 1. The van der Waals surface area contributed by atoms with Gasteiger partial charge in [0.2, 0.25) is 5.09 Å². The molecule has 0 bridgehead atoms. The van der Waals surface area contributed by atoms with Crippen molar-refractivity contribution in [3.63, 3.8) is 0 Å². The van der Waals surface area contributed by atoms with E-state index in [1.54, 1.807) is 6.07 Å². The van der Waals surface area contributed by atoms with Crippen molar-refractivity contribution in [1.82, 2.24) is 9.62 Å². The summed E-state index contributed by atoms with van der Waals surface area (Å²) >= 11 is 0. The maximum absolute atomic E-state index is 11.9. The minimum absolute atomic E-state index is 0.00200. The third-order valence-corrected chi connectivity index (χ3v) is 4.76.